The molecule has 0 fully saturated rings. The number of para-hydroxylation sites is 1. The Morgan fingerprint density at radius 1 is 1.56 bits per heavy atom. The Morgan fingerprint density at radius 2 is 2.28 bits per heavy atom. The minimum Gasteiger partial charge on any atom is -0.450 e. The highest BCUT2D eigenvalue weighted by Crippen LogP contribution is 2.31. The van der Waals surface area contributed by atoms with Gasteiger partial charge in [0.05, 0.1) is 6.61 Å². The molecule has 1 unspecified atom stereocenters. The number of carbonyl (C=O) groups excluding carboxylic acids is 1. The van der Waals surface area contributed by atoms with Gasteiger partial charge in [-0.3, -0.25) is 5.32 Å². The molecule has 4 nitrogen and oxygen atoms in total. The highest BCUT2D eigenvalue weighted by Gasteiger charge is 2.29. The van der Waals surface area contributed by atoms with Crippen molar-refractivity contribution in [2.75, 3.05) is 11.5 Å². The van der Waals surface area contributed by atoms with Gasteiger partial charge in [0.15, 0.2) is 5.11 Å². The van der Waals surface area contributed by atoms with Gasteiger partial charge in [-0.2, -0.15) is 0 Å². The van der Waals surface area contributed by atoms with Crippen LogP contribution in [0.2, 0.25) is 0 Å². The monoisotopic (exact) mass is 264 g/mol. The molecule has 18 heavy (non-hydrogen) atoms. The van der Waals surface area contributed by atoms with E-state index in [0.29, 0.717) is 11.7 Å². The van der Waals surface area contributed by atoms with Crippen LogP contribution in [-0.2, 0) is 11.2 Å². The number of hydrogen-bond acceptors (Lipinski definition) is 3. The first-order valence-corrected chi connectivity index (χ1v) is 6.39. The quantitative estimate of drug-likeness (QED) is 0.791. The Kier molecular flexibility index (Phi) is 3.81. The molecule has 1 aromatic rings. The minimum absolute atomic E-state index is 0.247. The van der Waals surface area contributed by atoms with Gasteiger partial charge in [0, 0.05) is 11.7 Å². The predicted octanol–water partition coefficient (Wildman–Crippen LogP) is 2.47. The van der Waals surface area contributed by atoms with Gasteiger partial charge < -0.3 is 9.64 Å². The second kappa shape index (κ2) is 5.35. The van der Waals surface area contributed by atoms with Gasteiger partial charge in [0.25, 0.3) is 0 Å². The molecule has 2 rings (SSSR count). The molecular weight excluding hydrogens is 248 g/mol. The third-order valence-corrected chi connectivity index (χ3v) is 3.21. The number of amides is 1. The van der Waals surface area contributed by atoms with Crippen LogP contribution in [0.3, 0.4) is 0 Å². The number of anilines is 1. The van der Waals surface area contributed by atoms with Gasteiger partial charge in [0.1, 0.15) is 0 Å². The fourth-order valence-corrected chi connectivity index (χ4v) is 2.55. The lowest BCUT2D eigenvalue weighted by atomic mass is 10.1. The van der Waals surface area contributed by atoms with Gasteiger partial charge in [-0.15, -0.1) is 0 Å². The maximum absolute atomic E-state index is 11.4. The normalized spacial score (nSPS) is 17.2. The van der Waals surface area contributed by atoms with E-state index in [9.17, 15) is 4.79 Å². The zero-order chi connectivity index (χ0) is 13.1. The summed E-state index contributed by atoms with van der Waals surface area (Å²) in [5.41, 5.74) is 2.31. The SMILES string of the molecule is CCOC(=O)NC(=S)N1c2ccccc2CC1C. The summed E-state index contributed by atoms with van der Waals surface area (Å²) in [5, 5.41) is 2.98. The van der Waals surface area contributed by atoms with Crippen molar-refractivity contribution >= 4 is 29.1 Å². The van der Waals surface area contributed by atoms with Gasteiger partial charge in [-0.25, -0.2) is 4.79 Å². The molecule has 1 N–H and O–H groups in total. The molecule has 0 aliphatic carbocycles. The van der Waals surface area contributed by atoms with Crippen molar-refractivity contribution in [3.63, 3.8) is 0 Å². The second-order valence-electron chi connectivity index (χ2n) is 4.20. The van der Waals surface area contributed by atoms with Crippen LogP contribution in [0.25, 0.3) is 0 Å². The number of benzene rings is 1. The lowest BCUT2D eigenvalue weighted by molar-refractivity contribution is 0.158. The number of thiocarbonyl (C=S) groups is 1. The van der Waals surface area contributed by atoms with E-state index in [1.807, 2.05) is 23.1 Å². The van der Waals surface area contributed by atoms with E-state index in [2.05, 4.69) is 18.3 Å². The molecule has 1 aromatic carbocycles. The highest BCUT2D eigenvalue weighted by molar-refractivity contribution is 7.80. The van der Waals surface area contributed by atoms with Crippen LogP contribution in [0.1, 0.15) is 19.4 Å². The summed E-state index contributed by atoms with van der Waals surface area (Å²) in [6.45, 7) is 4.18. The van der Waals surface area contributed by atoms with E-state index < -0.39 is 6.09 Å². The van der Waals surface area contributed by atoms with Crippen molar-refractivity contribution < 1.29 is 9.53 Å². The zero-order valence-corrected chi connectivity index (χ0v) is 11.3. The summed E-state index contributed by atoms with van der Waals surface area (Å²) >= 11 is 5.27. The van der Waals surface area contributed by atoms with Crippen LogP contribution in [-0.4, -0.2) is 23.9 Å². The number of nitrogens with zero attached hydrogens (tertiary/aromatic N) is 1. The molecule has 0 radical (unpaired) electrons. The van der Waals surface area contributed by atoms with E-state index >= 15 is 0 Å². The second-order valence-corrected chi connectivity index (χ2v) is 4.59. The van der Waals surface area contributed by atoms with Crippen molar-refractivity contribution in [1.82, 2.24) is 5.32 Å². The molecule has 1 amide bonds. The third kappa shape index (κ3) is 2.46. The highest BCUT2D eigenvalue weighted by atomic mass is 32.1. The van der Waals surface area contributed by atoms with Gasteiger partial charge in [-0.1, -0.05) is 18.2 Å². The van der Waals surface area contributed by atoms with Gasteiger partial charge in [0.2, 0.25) is 0 Å². The summed E-state index contributed by atoms with van der Waals surface area (Å²) in [6.07, 6.45) is 0.431. The van der Waals surface area contributed by atoms with Crippen LogP contribution in [0.4, 0.5) is 10.5 Å². The minimum atomic E-state index is -0.501. The molecule has 1 aliphatic rings. The average Bonchev–Trinajstić information content (AvgIpc) is 2.64. The van der Waals surface area contributed by atoms with E-state index in [1.165, 1.54) is 5.56 Å². The number of nitrogens with one attached hydrogen (secondary N) is 1. The molecule has 0 bridgehead atoms. The van der Waals surface area contributed by atoms with E-state index in [4.69, 9.17) is 17.0 Å². The lowest BCUT2D eigenvalue weighted by Crippen LogP contribution is -2.45. The summed E-state index contributed by atoms with van der Waals surface area (Å²) in [4.78, 5) is 13.3. The van der Waals surface area contributed by atoms with E-state index in [0.717, 1.165) is 12.1 Å². The predicted molar refractivity (Wildman–Crippen MR) is 74.8 cm³/mol. The molecule has 1 heterocycles. The first kappa shape index (κ1) is 12.8. The standard InChI is InChI=1S/C13H16N2O2S/c1-3-17-13(16)14-12(18)15-9(2)8-10-6-4-5-7-11(10)15/h4-7,9H,3,8H2,1-2H3,(H,14,16,18). The number of ether oxygens (including phenoxy) is 1. The number of rotatable bonds is 1. The summed E-state index contributed by atoms with van der Waals surface area (Å²) in [7, 11) is 0. The Bertz CT molecular complexity index is 476. The first-order valence-electron chi connectivity index (χ1n) is 5.98. The first-order chi connectivity index (χ1) is 8.63. The molecule has 1 atom stereocenters. The molecule has 1 aliphatic heterocycles. The number of hydrogen-bond donors (Lipinski definition) is 1. The van der Waals surface area contributed by atoms with Crippen LogP contribution in [0.5, 0.6) is 0 Å². The van der Waals surface area contributed by atoms with Crippen molar-refractivity contribution in [2.24, 2.45) is 0 Å². The molecule has 0 saturated carbocycles. The topological polar surface area (TPSA) is 41.6 Å². The molecular formula is C13H16N2O2S. The van der Waals surface area contributed by atoms with Crippen molar-refractivity contribution in [2.45, 2.75) is 26.3 Å². The van der Waals surface area contributed by atoms with E-state index in [-0.39, 0.29) is 6.04 Å². The summed E-state index contributed by atoms with van der Waals surface area (Å²) in [5.74, 6) is 0. The van der Waals surface area contributed by atoms with Crippen LogP contribution in [0, 0.1) is 0 Å². The number of carbonyl (C=O) groups is 1. The Labute approximate surface area is 112 Å². The molecule has 0 saturated heterocycles. The van der Waals surface area contributed by atoms with Gasteiger partial charge in [-0.05, 0) is 44.1 Å². The number of fused-ring (bicyclic) bond motifs is 1. The average molecular weight is 264 g/mol. The van der Waals surface area contributed by atoms with Crippen molar-refractivity contribution in [3.05, 3.63) is 29.8 Å². The van der Waals surface area contributed by atoms with Crippen molar-refractivity contribution in [3.8, 4) is 0 Å². The van der Waals surface area contributed by atoms with E-state index in [1.54, 1.807) is 6.92 Å². The Morgan fingerprint density at radius 3 is 3.00 bits per heavy atom. The summed E-state index contributed by atoms with van der Waals surface area (Å²) in [6, 6.07) is 8.32. The largest absolute Gasteiger partial charge is 0.450 e. The zero-order valence-electron chi connectivity index (χ0n) is 10.5. The van der Waals surface area contributed by atoms with Crippen LogP contribution >= 0.6 is 12.2 Å². The Hall–Kier alpha value is -1.62. The third-order valence-electron chi connectivity index (χ3n) is 2.91. The molecule has 5 heteroatoms. The maximum atomic E-state index is 11.4. The summed E-state index contributed by atoms with van der Waals surface area (Å²) < 4.78 is 4.83. The molecule has 96 valence electrons. The maximum Gasteiger partial charge on any atom is 0.413 e. The lowest BCUT2D eigenvalue weighted by Gasteiger charge is -2.25. The molecule has 0 spiro atoms. The Balaban J connectivity index is 2.13. The van der Waals surface area contributed by atoms with Crippen LogP contribution < -0.4 is 10.2 Å². The fourth-order valence-electron chi connectivity index (χ4n) is 2.19. The van der Waals surface area contributed by atoms with Crippen LogP contribution in [0.15, 0.2) is 24.3 Å². The molecule has 0 aromatic heterocycles. The van der Waals surface area contributed by atoms with Gasteiger partial charge >= 0.3 is 6.09 Å². The number of alkyl carbamates (subject to hydrolysis) is 1. The fraction of sp³-hybridized carbons (Fsp3) is 0.385. The smallest absolute Gasteiger partial charge is 0.413 e. The van der Waals surface area contributed by atoms with Crippen molar-refractivity contribution in [1.29, 1.82) is 0 Å².